The van der Waals surface area contributed by atoms with Gasteiger partial charge in [-0.25, -0.2) is 4.79 Å². The van der Waals surface area contributed by atoms with Gasteiger partial charge in [-0.05, 0) is 20.8 Å². The molecule has 0 aliphatic carbocycles. The van der Waals surface area contributed by atoms with Gasteiger partial charge in [-0.3, -0.25) is 4.98 Å². The van der Waals surface area contributed by atoms with E-state index in [1.165, 1.54) is 11.1 Å². The van der Waals surface area contributed by atoms with E-state index in [4.69, 9.17) is 15.6 Å². The second kappa shape index (κ2) is 5.57. The van der Waals surface area contributed by atoms with E-state index in [0.717, 1.165) is 0 Å². The van der Waals surface area contributed by atoms with E-state index < -0.39 is 11.6 Å². The summed E-state index contributed by atoms with van der Waals surface area (Å²) < 4.78 is 5.44. The molecule has 0 aliphatic rings. The van der Waals surface area contributed by atoms with Gasteiger partial charge in [-0.1, -0.05) is 0 Å². The highest BCUT2D eigenvalue weighted by Gasteiger charge is 2.25. The zero-order valence-corrected chi connectivity index (χ0v) is 10.9. The molecular formula is C12H19N3O3. The smallest absolute Gasteiger partial charge is 0.407 e. The molecule has 6 nitrogen and oxygen atoms in total. The van der Waals surface area contributed by atoms with E-state index in [0.29, 0.717) is 11.4 Å². The number of hydrogen-bond donors (Lipinski definition) is 2. The molecule has 0 radical (unpaired) electrons. The number of pyridine rings is 1. The Morgan fingerprint density at radius 3 is 2.72 bits per heavy atom. The number of hydrogen-bond acceptors (Lipinski definition) is 4. The van der Waals surface area contributed by atoms with E-state index >= 15 is 0 Å². The minimum Gasteiger partial charge on any atom is -0.489 e. The molecule has 0 fully saturated rings. The summed E-state index contributed by atoms with van der Waals surface area (Å²) in [6, 6.07) is 1.65. The van der Waals surface area contributed by atoms with Gasteiger partial charge in [-0.2, -0.15) is 0 Å². The summed E-state index contributed by atoms with van der Waals surface area (Å²) in [6.07, 6.45) is 2.10. The summed E-state index contributed by atoms with van der Waals surface area (Å²) in [5.74, 6) is 0.518. The van der Waals surface area contributed by atoms with E-state index in [1.807, 2.05) is 20.8 Å². The van der Waals surface area contributed by atoms with Gasteiger partial charge in [0, 0.05) is 17.8 Å². The van der Waals surface area contributed by atoms with Crippen molar-refractivity contribution in [2.45, 2.75) is 26.3 Å². The molecule has 0 aromatic carbocycles. The predicted molar refractivity (Wildman–Crippen MR) is 68.6 cm³/mol. The van der Waals surface area contributed by atoms with Crippen molar-refractivity contribution in [1.29, 1.82) is 0 Å². The van der Waals surface area contributed by atoms with Crippen LogP contribution in [0.4, 0.5) is 10.5 Å². The number of aromatic nitrogens is 1. The predicted octanol–water partition coefficient (Wildman–Crippen LogP) is 1.82. The Bertz CT molecular complexity index is 415. The number of nitrogens with zero attached hydrogens (tertiary/aromatic N) is 2. The van der Waals surface area contributed by atoms with E-state index in [9.17, 15) is 4.79 Å². The Labute approximate surface area is 106 Å². The first kappa shape index (κ1) is 14.1. The van der Waals surface area contributed by atoms with Crippen molar-refractivity contribution in [3.05, 3.63) is 18.5 Å². The summed E-state index contributed by atoms with van der Waals surface area (Å²) in [5, 5.41) is 9.10. The van der Waals surface area contributed by atoms with Gasteiger partial charge < -0.3 is 20.5 Å². The standard InChI is InChI=1S/C12H19N3O3/c1-12(2,3)15(11(16)17)6-7-18-10-4-5-14-8-9(10)13/h4-5,8H,6-7,13H2,1-3H3,(H,16,17). The van der Waals surface area contributed by atoms with Crippen molar-refractivity contribution in [2.75, 3.05) is 18.9 Å². The van der Waals surface area contributed by atoms with Crippen LogP contribution < -0.4 is 10.5 Å². The van der Waals surface area contributed by atoms with Crippen LogP contribution >= 0.6 is 0 Å². The van der Waals surface area contributed by atoms with Gasteiger partial charge in [0.05, 0.1) is 18.4 Å². The van der Waals surface area contributed by atoms with E-state index in [2.05, 4.69) is 4.98 Å². The van der Waals surface area contributed by atoms with Gasteiger partial charge in [0.2, 0.25) is 0 Å². The molecule has 6 heteroatoms. The lowest BCUT2D eigenvalue weighted by atomic mass is 10.1. The summed E-state index contributed by atoms with van der Waals surface area (Å²) in [6.45, 7) is 6.03. The lowest BCUT2D eigenvalue weighted by Gasteiger charge is -2.32. The molecule has 0 saturated heterocycles. The Kier molecular flexibility index (Phi) is 4.36. The minimum atomic E-state index is -0.964. The molecule has 0 bridgehead atoms. The third-order valence-corrected chi connectivity index (χ3v) is 2.42. The molecule has 0 aliphatic heterocycles. The Hall–Kier alpha value is -1.98. The van der Waals surface area contributed by atoms with E-state index in [-0.39, 0.29) is 13.2 Å². The molecule has 0 spiro atoms. The fourth-order valence-electron chi connectivity index (χ4n) is 1.49. The fraction of sp³-hybridized carbons (Fsp3) is 0.500. The van der Waals surface area contributed by atoms with Crippen molar-refractivity contribution in [1.82, 2.24) is 9.88 Å². The fourth-order valence-corrected chi connectivity index (χ4v) is 1.49. The van der Waals surface area contributed by atoms with Gasteiger partial charge >= 0.3 is 6.09 Å². The molecule has 3 N–H and O–H groups in total. The number of nitrogen functional groups attached to an aromatic ring is 1. The average molecular weight is 253 g/mol. The van der Waals surface area contributed by atoms with Gasteiger partial charge in [0.15, 0.2) is 0 Å². The minimum absolute atomic E-state index is 0.248. The molecule has 0 saturated carbocycles. The van der Waals surface area contributed by atoms with Gasteiger partial charge in [-0.15, -0.1) is 0 Å². The van der Waals surface area contributed by atoms with Crippen LogP contribution in [0.25, 0.3) is 0 Å². The Morgan fingerprint density at radius 1 is 1.56 bits per heavy atom. The average Bonchev–Trinajstić information content (AvgIpc) is 2.24. The molecule has 100 valence electrons. The largest absolute Gasteiger partial charge is 0.489 e. The number of carboxylic acid groups (broad SMARTS) is 1. The van der Waals surface area contributed by atoms with Crippen LogP contribution in [0, 0.1) is 0 Å². The summed E-state index contributed by atoms with van der Waals surface area (Å²) in [5.41, 5.74) is 5.65. The number of amides is 1. The molecule has 0 atom stereocenters. The SMILES string of the molecule is CC(C)(C)N(CCOc1ccncc1N)C(=O)O. The number of carbonyl (C=O) groups is 1. The number of nitrogens with two attached hydrogens (primary N) is 1. The van der Waals surface area contributed by atoms with Crippen LogP contribution in [0.3, 0.4) is 0 Å². The normalized spacial score (nSPS) is 11.1. The molecule has 1 heterocycles. The molecule has 0 unspecified atom stereocenters. The second-order valence-corrected chi connectivity index (χ2v) is 4.87. The lowest BCUT2D eigenvalue weighted by molar-refractivity contribution is 0.0893. The van der Waals surface area contributed by atoms with Crippen molar-refractivity contribution in [2.24, 2.45) is 0 Å². The zero-order valence-electron chi connectivity index (χ0n) is 10.9. The molecule has 1 aromatic rings. The van der Waals surface area contributed by atoms with Gasteiger partial charge in [0.1, 0.15) is 12.4 Å². The lowest BCUT2D eigenvalue weighted by Crippen LogP contribution is -2.46. The monoisotopic (exact) mass is 253 g/mol. The topological polar surface area (TPSA) is 88.7 Å². The van der Waals surface area contributed by atoms with Crippen LogP contribution in [0.5, 0.6) is 5.75 Å². The van der Waals surface area contributed by atoms with Gasteiger partial charge in [0.25, 0.3) is 0 Å². The van der Waals surface area contributed by atoms with E-state index in [1.54, 1.807) is 12.3 Å². The highest BCUT2D eigenvalue weighted by atomic mass is 16.5. The van der Waals surface area contributed by atoms with Crippen LogP contribution in [-0.4, -0.2) is 39.8 Å². The first-order valence-corrected chi connectivity index (χ1v) is 5.65. The van der Waals surface area contributed by atoms with Crippen LogP contribution in [0.1, 0.15) is 20.8 Å². The maximum absolute atomic E-state index is 11.1. The maximum atomic E-state index is 11.1. The van der Waals surface area contributed by atoms with Crippen molar-refractivity contribution in [3.8, 4) is 5.75 Å². The maximum Gasteiger partial charge on any atom is 0.407 e. The number of anilines is 1. The van der Waals surface area contributed by atoms with Crippen molar-refractivity contribution >= 4 is 11.8 Å². The molecule has 18 heavy (non-hydrogen) atoms. The molecule has 1 amide bonds. The molecular weight excluding hydrogens is 234 g/mol. The third kappa shape index (κ3) is 3.80. The summed E-state index contributed by atoms with van der Waals surface area (Å²) in [7, 11) is 0. The second-order valence-electron chi connectivity index (χ2n) is 4.87. The number of rotatable bonds is 4. The zero-order chi connectivity index (χ0) is 13.8. The van der Waals surface area contributed by atoms with Crippen LogP contribution in [0.15, 0.2) is 18.5 Å². The van der Waals surface area contributed by atoms with Crippen molar-refractivity contribution in [3.63, 3.8) is 0 Å². The Morgan fingerprint density at radius 2 is 2.22 bits per heavy atom. The highest BCUT2D eigenvalue weighted by Crippen LogP contribution is 2.19. The van der Waals surface area contributed by atoms with Crippen LogP contribution in [-0.2, 0) is 0 Å². The third-order valence-electron chi connectivity index (χ3n) is 2.42. The summed E-state index contributed by atoms with van der Waals surface area (Å²) >= 11 is 0. The molecule has 1 rings (SSSR count). The molecule has 1 aromatic heterocycles. The highest BCUT2D eigenvalue weighted by molar-refractivity contribution is 5.66. The quantitative estimate of drug-likeness (QED) is 0.854. The summed E-state index contributed by atoms with van der Waals surface area (Å²) in [4.78, 5) is 16.3. The Balaban J connectivity index is 2.55. The van der Waals surface area contributed by atoms with Crippen molar-refractivity contribution < 1.29 is 14.6 Å². The van der Waals surface area contributed by atoms with Crippen LogP contribution in [0.2, 0.25) is 0 Å². The first-order valence-electron chi connectivity index (χ1n) is 5.65. The number of ether oxygens (including phenoxy) is 1. The first-order chi connectivity index (χ1) is 8.32.